The van der Waals surface area contributed by atoms with Crippen LogP contribution in [0, 0.1) is 10.8 Å². The highest BCUT2D eigenvalue weighted by atomic mass is 35.5. The lowest BCUT2D eigenvalue weighted by Crippen LogP contribution is -2.44. The summed E-state index contributed by atoms with van der Waals surface area (Å²) in [5.41, 5.74) is 5.53. The molecule has 0 saturated carbocycles. The van der Waals surface area contributed by atoms with Gasteiger partial charge in [-0.2, -0.15) is 0 Å². The first kappa shape index (κ1) is 28.6. The van der Waals surface area contributed by atoms with Crippen molar-refractivity contribution < 1.29 is 19.1 Å². The number of methoxy groups -OCH3 is 1. The average molecular weight is 562 g/mol. The van der Waals surface area contributed by atoms with Crippen molar-refractivity contribution in [1.82, 2.24) is 4.90 Å². The molecule has 2 aromatic rings. The molecule has 2 aliphatic carbocycles. The lowest BCUT2D eigenvalue weighted by atomic mass is 9.63. The highest BCUT2D eigenvalue weighted by Gasteiger charge is 2.48. The molecule has 0 atom stereocenters. The Labute approximate surface area is 243 Å². The normalized spacial score (nSPS) is 20.5. The van der Waals surface area contributed by atoms with E-state index in [1.54, 1.807) is 7.11 Å². The molecule has 212 valence electrons. The smallest absolute Gasteiger partial charge is 0.162 e. The first-order valence-corrected chi connectivity index (χ1v) is 14.6. The van der Waals surface area contributed by atoms with E-state index >= 15 is 0 Å². The Bertz CT molecular complexity index is 1300. The molecule has 6 heteroatoms. The molecule has 0 N–H and O–H groups in total. The summed E-state index contributed by atoms with van der Waals surface area (Å²) < 4.78 is 11.4. The van der Waals surface area contributed by atoms with Crippen LogP contribution in [0.2, 0.25) is 5.02 Å². The van der Waals surface area contributed by atoms with Crippen molar-refractivity contribution in [1.29, 1.82) is 0 Å². The van der Waals surface area contributed by atoms with Gasteiger partial charge in [0.2, 0.25) is 0 Å². The van der Waals surface area contributed by atoms with Gasteiger partial charge >= 0.3 is 0 Å². The zero-order chi connectivity index (χ0) is 28.7. The van der Waals surface area contributed by atoms with Crippen LogP contribution in [-0.4, -0.2) is 36.7 Å². The van der Waals surface area contributed by atoms with E-state index < -0.39 is 0 Å². The lowest BCUT2D eigenvalue weighted by molar-refractivity contribution is -0.119. The van der Waals surface area contributed by atoms with Gasteiger partial charge in [0, 0.05) is 66.6 Å². The molecule has 1 aliphatic heterocycles. The van der Waals surface area contributed by atoms with Gasteiger partial charge in [-0.05, 0) is 65.5 Å². The average Bonchev–Trinajstić information content (AvgIpc) is 2.88. The number of carbonyl (C=O) groups is 2. The minimum atomic E-state index is -0.346. The van der Waals surface area contributed by atoms with Crippen molar-refractivity contribution in [3.05, 3.63) is 87.2 Å². The highest BCUT2D eigenvalue weighted by molar-refractivity contribution is 6.30. The number of hydrogen-bond donors (Lipinski definition) is 0. The number of carbonyl (C=O) groups excluding carboxylic acids is 2. The molecule has 0 fully saturated rings. The maximum absolute atomic E-state index is 13.9. The number of hydrogen-bond acceptors (Lipinski definition) is 5. The summed E-state index contributed by atoms with van der Waals surface area (Å²) in [7, 11) is 1.71. The quantitative estimate of drug-likeness (QED) is 0.310. The van der Waals surface area contributed by atoms with Crippen LogP contribution in [0.3, 0.4) is 0 Å². The molecule has 1 heterocycles. The van der Waals surface area contributed by atoms with Gasteiger partial charge in [-0.1, -0.05) is 63.6 Å². The predicted molar refractivity (Wildman–Crippen MR) is 158 cm³/mol. The van der Waals surface area contributed by atoms with Crippen molar-refractivity contribution in [3.8, 4) is 5.75 Å². The molecule has 3 aliphatic rings. The molecule has 0 bridgehead atoms. The van der Waals surface area contributed by atoms with Crippen LogP contribution in [0.25, 0.3) is 0 Å². The standard InChI is InChI=1S/C34H40ClNO4/c1-33(2)17-26-31(28(37)19-33)30(23-9-13-25(14-10-23)40-21-22-7-11-24(35)12-8-22)32-27(36(26)15-6-16-39-5)18-34(3,4)20-29(32)38/h7-14,30H,6,15-21H2,1-5H3. The van der Waals surface area contributed by atoms with E-state index in [-0.39, 0.29) is 28.3 Å². The molecule has 0 radical (unpaired) electrons. The number of nitrogens with zero attached hydrogens (tertiary/aromatic N) is 1. The van der Waals surface area contributed by atoms with Crippen LogP contribution < -0.4 is 4.74 Å². The van der Waals surface area contributed by atoms with E-state index in [0.717, 1.165) is 65.2 Å². The van der Waals surface area contributed by atoms with Crippen molar-refractivity contribution in [2.45, 2.75) is 72.3 Å². The maximum atomic E-state index is 13.9. The third-order valence-electron chi connectivity index (χ3n) is 8.28. The molecular formula is C34H40ClNO4. The van der Waals surface area contributed by atoms with Gasteiger partial charge in [-0.15, -0.1) is 0 Å². The van der Waals surface area contributed by atoms with Crippen molar-refractivity contribution in [2.75, 3.05) is 20.3 Å². The van der Waals surface area contributed by atoms with Gasteiger partial charge in [0.1, 0.15) is 12.4 Å². The van der Waals surface area contributed by atoms with Crippen LogP contribution in [0.5, 0.6) is 5.75 Å². The third-order valence-corrected chi connectivity index (χ3v) is 8.54. The Balaban J connectivity index is 1.54. The largest absolute Gasteiger partial charge is 0.489 e. The topological polar surface area (TPSA) is 55.8 Å². The molecular weight excluding hydrogens is 522 g/mol. The Morgan fingerprint density at radius 3 is 1.90 bits per heavy atom. The Morgan fingerprint density at radius 1 is 0.825 bits per heavy atom. The van der Waals surface area contributed by atoms with Crippen molar-refractivity contribution in [2.24, 2.45) is 10.8 Å². The van der Waals surface area contributed by atoms with Crippen LogP contribution in [0.1, 0.15) is 76.8 Å². The summed E-state index contributed by atoms with van der Waals surface area (Å²) in [5, 5.41) is 0.696. The van der Waals surface area contributed by atoms with Gasteiger partial charge in [-0.3, -0.25) is 9.59 Å². The highest BCUT2D eigenvalue weighted by Crippen LogP contribution is 2.54. The number of allylic oxidation sites excluding steroid dienone is 4. The van der Waals surface area contributed by atoms with Gasteiger partial charge in [-0.25, -0.2) is 0 Å². The van der Waals surface area contributed by atoms with E-state index in [2.05, 4.69) is 32.6 Å². The summed E-state index contributed by atoms with van der Waals surface area (Å²) in [4.78, 5) is 30.1. The minimum Gasteiger partial charge on any atom is -0.489 e. The second kappa shape index (κ2) is 11.2. The molecule has 5 rings (SSSR count). The zero-order valence-electron chi connectivity index (χ0n) is 24.3. The Kier molecular flexibility index (Phi) is 8.00. The van der Waals surface area contributed by atoms with Crippen LogP contribution >= 0.6 is 11.6 Å². The van der Waals surface area contributed by atoms with E-state index in [1.165, 1.54) is 0 Å². The van der Waals surface area contributed by atoms with E-state index in [4.69, 9.17) is 21.1 Å². The summed E-state index contributed by atoms with van der Waals surface area (Å²) in [5.74, 6) is 0.702. The molecule has 0 saturated heterocycles. The van der Waals surface area contributed by atoms with E-state index in [9.17, 15) is 9.59 Å². The fraction of sp³-hybridized carbons (Fsp3) is 0.471. The molecule has 2 aromatic carbocycles. The van der Waals surface area contributed by atoms with Crippen LogP contribution in [0.15, 0.2) is 71.1 Å². The number of ketones is 2. The van der Waals surface area contributed by atoms with Gasteiger partial charge in [0.15, 0.2) is 11.6 Å². The van der Waals surface area contributed by atoms with Gasteiger partial charge in [0.05, 0.1) is 0 Å². The van der Waals surface area contributed by atoms with Crippen LogP contribution in [-0.2, 0) is 20.9 Å². The van der Waals surface area contributed by atoms with Gasteiger partial charge in [0.25, 0.3) is 0 Å². The summed E-state index contributed by atoms with van der Waals surface area (Å²) in [6.45, 7) is 10.5. The third kappa shape index (κ3) is 5.91. The molecule has 0 unspecified atom stereocenters. The Morgan fingerprint density at radius 2 is 1.38 bits per heavy atom. The second-order valence-corrected chi connectivity index (χ2v) is 13.5. The fourth-order valence-electron chi connectivity index (χ4n) is 6.52. The molecule has 40 heavy (non-hydrogen) atoms. The second-order valence-electron chi connectivity index (χ2n) is 13.0. The SMILES string of the molecule is COCCCN1C2=C(C(=O)CC(C)(C)C2)C(c2ccc(OCc3ccc(Cl)cc3)cc2)C2=C1CC(C)(C)CC2=O. The number of Topliss-reactive ketones (excluding diaryl/α,β-unsaturated/α-hetero) is 2. The molecule has 0 spiro atoms. The number of benzene rings is 2. The number of halogens is 1. The summed E-state index contributed by atoms with van der Waals surface area (Å²) in [6.07, 6.45) is 3.42. The van der Waals surface area contributed by atoms with Crippen LogP contribution in [0.4, 0.5) is 0 Å². The maximum Gasteiger partial charge on any atom is 0.162 e. The molecule has 5 nitrogen and oxygen atoms in total. The first-order chi connectivity index (χ1) is 19.0. The van der Waals surface area contributed by atoms with E-state index in [1.807, 2.05) is 48.5 Å². The first-order valence-electron chi connectivity index (χ1n) is 14.2. The lowest BCUT2D eigenvalue weighted by Gasteiger charge is -2.49. The summed E-state index contributed by atoms with van der Waals surface area (Å²) >= 11 is 6.00. The number of rotatable bonds is 8. The monoisotopic (exact) mass is 561 g/mol. The van der Waals surface area contributed by atoms with Crippen molar-refractivity contribution in [3.63, 3.8) is 0 Å². The molecule has 0 aromatic heterocycles. The van der Waals surface area contributed by atoms with Gasteiger partial charge < -0.3 is 14.4 Å². The molecule has 0 amide bonds. The predicted octanol–water partition coefficient (Wildman–Crippen LogP) is 7.64. The fourth-order valence-corrected chi connectivity index (χ4v) is 6.65. The zero-order valence-corrected chi connectivity index (χ0v) is 25.1. The van der Waals surface area contributed by atoms with E-state index in [0.29, 0.717) is 31.1 Å². The number of ether oxygens (including phenoxy) is 2. The van der Waals surface area contributed by atoms with Crippen molar-refractivity contribution >= 4 is 23.2 Å². The summed E-state index contributed by atoms with van der Waals surface area (Å²) in [6, 6.07) is 15.6. The minimum absolute atomic E-state index is 0.133. The Hall–Kier alpha value is -2.89.